The summed E-state index contributed by atoms with van der Waals surface area (Å²) in [5.74, 6) is -0.520. The molecule has 0 aliphatic heterocycles. The molecule has 26 heavy (non-hydrogen) atoms. The first-order valence-corrected chi connectivity index (χ1v) is 9.86. The largest absolute Gasteiger partial charge is 0.506 e. The molecule has 0 saturated carbocycles. The Hall–Kier alpha value is -2.38. The van der Waals surface area contributed by atoms with Crippen molar-refractivity contribution in [1.82, 2.24) is 4.31 Å². The van der Waals surface area contributed by atoms with Gasteiger partial charge in [-0.1, -0.05) is 26.0 Å². The molecule has 0 spiro atoms. The van der Waals surface area contributed by atoms with Gasteiger partial charge in [0.15, 0.2) is 0 Å². The van der Waals surface area contributed by atoms with Gasteiger partial charge in [-0.25, -0.2) is 8.42 Å². The van der Waals surface area contributed by atoms with Crippen LogP contribution in [0.4, 0.5) is 5.69 Å². The van der Waals surface area contributed by atoms with Gasteiger partial charge < -0.3 is 10.4 Å². The molecule has 0 radical (unpaired) electrons. The highest BCUT2D eigenvalue weighted by Gasteiger charge is 2.23. The van der Waals surface area contributed by atoms with Crippen LogP contribution in [-0.4, -0.2) is 36.8 Å². The summed E-state index contributed by atoms with van der Waals surface area (Å²) in [6.07, 6.45) is 0. The van der Waals surface area contributed by atoms with E-state index in [0.29, 0.717) is 18.7 Å². The third kappa shape index (κ3) is 4.05. The smallest absolute Gasteiger partial charge is 0.256 e. The van der Waals surface area contributed by atoms with E-state index in [4.69, 9.17) is 0 Å². The molecule has 0 aliphatic rings. The van der Waals surface area contributed by atoms with Crippen molar-refractivity contribution in [3.63, 3.8) is 0 Å². The topological polar surface area (TPSA) is 86.7 Å². The predicted octanol–water partition coefficient (Wildman–Crippen LogP) is 3.29. The van der Waals surface area contributed by atoms with Crippen molar-refractivity contribution in [3.8, 4) is 5.75 Å². The number of hydrogen-bond acceptors (Lipinski definition) is 4. The van der Waals surface area contributed by atoms with E-state index in [0.717, 1.165) is 5.56 Å². The van der Waals surface area contributed by atoms with Crippen molar-refractivity contribution in [2.24, 2.45) is 0 Å². The molecule has 2 rings (SSSR count). The van der Waals surface area contributed by atoms with Crippen LogP contribution in [-0.2, 0) is 10.0 Å². The maximum Gasteiger partial charge on any atom is 0.256 e. The van der Waals surface area contributed by atoms with Crippen LogP contribution in [0.2, 0.25) is 0 Å². The van der Waals surface area contributed by atoms with Crippen LogP contribution in [0.1, 0.15) is 35.3 Å². The van der Waals surface area contributed by atoms with Crippen LogP contribution in [0.25, 0.3) is 0 Å². The van der Waals surface area contributed by atoms with E-state index in [1.165, 1.54) is 22.5 Å². The van der Waals surface area contributed by atoms with E-state index < -0.39 is 15.9 Å². The molecule has 0 aliphatic carbocycles. The van der Waals surface area contributed by atoms with Gasteiger partial charge >= 0.3 is 0 Å². The molecular formula is C19H24N2O4S. The monoisotopic (exact) mass is 376 g/mol. The molecule has 7 heteroatoms. The second kappa shape index (κ2) is 7.88. The van der Waals surface area contributed by atoms with Crippen LogP contribution in [0.3, 0.4) is 0 Å². The van der Waals surface area contributed by atoms with Crippen LogP contribution in [0.5, 0.6) is 5.75 Å². The predicted molar refractivity (Wildman–Crippen MR) is 102 cm³/mol. The molecule has 0 aromatic heterocycles. The normalized spacial score (nSPS) is 11.6. The Bertz CT molecular complexity index is 919. The molecule has 2 aromatic carbocycles. The number of carbonyl (C=O) groups excluding carboxylic acids is 1. The summed E-state index contributed by atoms with van der Waals surface area (Å²) >= 11 is 0. The molecule has 0 heterocycles. The van der Waals surface area contributed by atoms with Gasteiger partial charge in [0.2, 0.25) is 10.0 Å². The van der Waals surface area contributed by atoms with E-state index in [1.54, 1.807) is 39.0 Å². The Morgan fingerprint density at radius 3 is 2.35 bits per heavy atom. The van der Waals surface area contributed by atoms with Gasteiger partial charge in [-0.2, -0.15) is 4.31 Å². The van der Waals surface area contributed by atoms with Crippen molar-refractivity contribution in [3.05, 3.63) is 53.1 Å². The number of aryl methyl sites for hydroxylation is 2. The molecule has 1 amide bonds. The number of anilines is 1. The van der Waals surface area contributed by atoms with Crippen LogP contribution < -0.4 is 5.32 Å². The molecular weight excluding hydrogens is 352 g/mol. The Morgan fingerprint density at radius 1 is 1.08 bits per heavy atom. The lowest BCUT2D eigenvalue weighted by Crippen LogP contribution is -2.30. The van der Waals surface area contributed by atoms with Crippen LogP contribution in [0, 0.1) is 13.8 Å². The molecule has 140 valence electrons. The lowest BCUT2D eigenvalue weighted by atomic mass is 10.1. The minimum Gasteiger partial charge on any atom is -0.506 e. The first kappa shape index (κ1) is 19.9. The molecule has 0 atom stereocenters. The number of phenolic OH excluding ortho intramolecular Hbond substituents is 1. The average Bonchev–Trinajstić information content (AvgIpc) is 2.59. The molecule has 0 saturated heterocycles. The summed E-state index contributed by atoms with van der Waals surface area (Å²) in [4.78, 5) is 12.7. The van der Waals surface area contributed by atoms with E-state index >= 15 is 0 Å². The zero-order chi connectivity index (χ0) is 19.5. The zero-order valence-electron chi connectivity index (χ0n) is 15.4. The maximum atomic E-state index is 12.7. The van der Waals surface area contributed by atoms with Gasteiger partial charge in [0.05, 0.1) is 10.6 Å². The number of carbonyl (C=O) groups is 1. The minimum absolute atomic E-state index is 0.0477. The first-order chi connectivity index (χ1) is 12.2. The SMILES string of the molecule is CCN(CC)S(=O)(=O)c1ccc(C)c(C(=O)Nc2cc(C)ccc2O)c1. The summed E-state index contributed by atoms with van der Waals surface area (Å²) in [7, 11) is -3.66. The van der Waals surface area contributed by atoms with Crippen molar-refractivity contribution in [1.29, 1.82) is 0 Å². The Kier molecular flexibility index (Phi) is 6.05. The van der Waals surface area contributed by atoms with Gasteiger partial charge in [-0.15, -0.1) is 0 Å². The first-order valence-electron chi connectivity index (χ1n) is 8.42. The summed E-state index contributed by atoms with van der Waals surface area (Å²) in [5.41, 5.74) is 2.06. The van der Waals surface area contributed by atoms with Gasteiger partial charge in [0.1, 0.15) is 5.75 Å². The number of benzene rings is 2. The highest BCUT2D eigenvalue weighted by molar-refractivity contribution is 7.89. The molecule has 0 fully saturated rings. The average molecular weight is 376 g/mol. The second-order valence-electron chi connectivity index (χ2n) is 6.04. The molecule has 2 N–H and O–H groups in total. The van der Waals surface area contributed by atoms with Gasteiger partial charge in [0, 0.05) is 18.7 Å². The van der Waals surface area contributed by atoms with Gasteiger partial charge in [-0.3, -0.25) is 4.79 Å². The van der Waals surface area contributed by atoms with Crippen LogP contribution in [0.15, 0.2) is 41.3 Å². The number of amides is 1. The van der Waals surface area contributed by atoms with E-state index in [9.17, 15) is 18.3 Å². The second-order valence-corrected chi connectivity index (χ2v) is 7.98. The Labute approximate surface area is 154 Å². The molecule has 0 bridgehead atoms. The fourth-order valence-corrected chi connectivity index (χ4v) is 4.14. The summed E-state index contributed by atoms with van der Waals surface area (Å²) < 4.78 is 26.7. The number of aromatic hydroxyl groups is 1. The van der Waals surface area contributed by atoms with Crippen molar-refractivity contribution in [2.75, 3.05) is 18.4 Å². The van der Waals surface area contributed by atoms with E-state index in [2.05, 4.69) is 5.32 Å². The third-order valence-electron chi connectivity index (χ3n) is 4.20. The van der Waals surface area contributed by atoms with Gasteiger partial charge in [-0.05, 0) is 49.2 Å². The fraction of sp³-hybridized carbons (Fsp3) is 0.316. The number of nitrogens with one attached hydrogen (secondary N) is 1. The molecule has 6 nitrogen and oxygen atoms in total. The fourth-order valence-electron chi connectivity index (χ4n) is 2.66. The maximum absolute atomic E-state index is 12.7. The highest BCUT2D eigenvalue weighted by atomic mass is 32.2. The lowest BCUT2D eigenvalue weighted by Gasteiger charge is -2.19. The standard InChI is InChI=1S/C19H24N2O4S/c1-5-21(6-2)26(24,25)15-9-8-14(4)16(12-15)19(23)20-17-11-13(3)7-10-18(17)22/h7-12,22H,5-6H2,1-4H3,(H,20,23). The van der Waals surface area contributed by atoms with Crippen LogP contribution >= 0.6 is 0 Å². The summed E-state index contributed by atoms with van der Waals surface area (Å²) in [5, 5.41) is 12.5. The lowest BCUT2D eigenvalue weighted by molar-refractivity contribution is 0.102. The quantitative estimate of drug-likeness (QED) is 0.758. The van der Waals surface area contributed by atoms with Crippen molar-refractivity contribution in [2.45, 2.75) is 32.6 Å². The summed E-state index contributed by atoms with van der Waals surface area (Å²) in [6.45, 7) is 7.82. The summed E-state index contributed by atoms with van der Waals surface area (Å²) in [6, 6.07) is 9.38. The van der Waals surface area contributed by atoms with Gasteiger partial charge in [0.25, 0.3) is 5.91 Å². The third-order valence-corrected chi connectivity index (χ3v) is 6.24. The highest BCUT2D eigenvalue weighted by Crippen LogP contribution is 2.26. The van der Waals surface area contributed by atoms with E-state index in [-0.39, 0.29) is 21.9 Å². The number of rotatable bonds is 6. The minimum atomic E-state index is -3.66. The van der Waals surface area contributed by atoms with Crippen molar-refractivity contribution < 1.29 is 18.3 Å². The zero-order valence-corrected chi connectivity index (χ0v) is 16.2. The molecule has 0 unspecified atom stereocenters. The number of nitrogens with zero attached hydrogens (tertiary/aromatic N) is 1. The Morgan fingerprint density at radius 2 is 1.73 bits per heavy atom. The molecule has 2 aromatic rings. The number of hydrogen-bond donors (Lipinski definition) is 2. The van der Waals surface area contributed by atoms with Crippen molar-refractivity contribution >= 4 is 21.6 Å². The number of sulfonamides is 1. The number of phenols is 1. The Balaban J connectivity index is 2.41. The van der Waals surface area contributed by atoms with E-state index in [1.807, 2.05) is 6.92 Å².